The minimum absolute atomic E-state index is 0.834. The Bertz CT molecular complexity index is 211. The molecule has 15 heavy (non-hydrogen) atoms. The van der Waals surface area contributed by atoms with Crippen molar-refractivity contribution in [1.29, 1.82) is 0 Å². The lowest BCUT2D eigenvalue weighted by Crippen LogP contribution is -2.36. The largest absolute Gasteiger partial charge is 0.0533 e. The number of rotatable bonds is 0. The van der Waals surface area contributed by atoms with E-state index in [0.29, 0.717) is 0 Å². The fourth-order valence-corrected chi connectivity index (χ4v) is 5.09. The van der Waals surface area contributed by atoms with Gasteiger partial charge in [0.05, 0.1) is 0 Å². The summed E-state index contributed by atoms with van der Waals surface area (Å²) in [5, 5.41) is 0. The third-order valence-electron chi connectivity index (χ3n) is 5.74. The molecule has 0 aromatic heterocycles. The first kappa shape index (κ1) is 10.2. The summed E-state index contributed by atoms with van der Waals surface area (Å²) >= 11 is 0. The second kappa shape index (κ2) is 3.79. The van der Waals surface area contributed by atoms with E-state index < -0.39 is 0 Å². The highest BCUT2D eigenvalue weighted by atomic mass is 14.5. The maximum Gasteiger partial charge on any atom is -0.0292 e. The standard InChI is InChI=1S/C15H26/c1-2-7-14(8-3-1)11-6-12-15(13-14)9-4-5-10-15/h1-13H2. The second-order valence-corrected chi connectivity index (χ2v) is 6.80. The number of hydrogen-bond donors (Lipinski definition) is 0. The van der Waals surface area contributed by atoms with Gasteiger partial charge >= 0.3 is 0 Å². The Labute approximate surface area is 94.8 Å². The average Bonchev–Trinajstić information content (AvgIpc) is 2.67. The van der Waals surface area contributed by atoms with Crippen LogP contribution < -0.4 is 0 Å². The van der Waals surface area contributed by atoms with E-state index >= 15 is 0 Å². The van der Waals surface area contributed by atoms with Gasteiger partial charge in [-0.05, 0) is 55.8 Å². The Morgan fingerprint density at radius 3 is 1.33 bits per heavy atom. The fraction of sp³-hybridized carbons (Fsp3) is 1.00. The lowest BCUT2D eigenvalue weighted by molar-refractivity contribution is 0.0299. The van der Waals surface area contributed by atoms with Crippen LogP contribution in [0.15, 0.2) is 0 Å². The second-order valence-electron chi connectivity index (χ2n) is 6.80. The molecule has 2 spiro atoms. The molecular formula is C15H26. The Balaban J connectivity index is 1.74. The molecule has 0 N–H and O–H groups in total. The van der Waals surface area contributed by atoms with Gasteiger partial charge in [0, 0.05) is 0 Å². The molecule has 86 valence electrons. The maximum absolute atomic E-state index is 1.62. The molecule has 3 rings (SSSR count). The van der Waals surface area contributed by atoms with Gasteiger partial charge < -0.3 is 0 Å². The smallest absolute Gasteiger partial charge is 0.0292 e. The van der Waals surface area contributed by atoms with Crippen LogP contribution in [0.4, 0.5) is 0 Å². The Hall–Kier alpha value is 0. The molecule has 3 fully saturated rings. The van der Waals surface area contributed by atoms with Crippen LogP contribution >= 0.6 is 0 Å². The highest BCUT2D eigenvalue weighted by molar-refractivity contribution is 4.97. The van der Waals surface area contributed by atoms with Crippen LogP contribution in [0.2, 0.25) is 0 Å². The van der Waals surface area contributed by atoms with Crippen molar-refractivity contribution in [3.63, 3.8) is 0 Å². The van der Waals surface area contributed by atoms with E-state index in [4.69, 9.17) is 0 Å². The highest BCUT2D eigenvalue weighted by Crippen LogP contribution is 2.58. The van der Waals surface area contributed by atoms with Crippen molar-refractivity contribution in [3.05, 3.63) is 0 Å². The molecule has 0 nitrogen and oxygen atoms in total. The first-order valence-corrected chi connectivity index (χ1v) is 7.33. The summed E-state index contributed by atoms with van der Waals surface area (Å²) in [6, 6.07) is 0. The summed E-state index contributed by atoms with van der Waals surface area (Å²) in [6.07, 6.45) is 20.3. The zero-order valence-corrected chi connectivity index (χ0v) is 10.2. The molecule has 3 aliphatic rings. The molecule has 0 bridgehead atoms. The fourth-order valence-electron chi connectivity index (χ4n) is 5.09. The van der Waals surface area contributed by atoms with E-state index in [1.165, 1.54) is 32.1 Å². The van der Waals surface area contributed by atoms with Gasteiger partial charge in [0.2, 0.25) is 0 Å². The van der Waals surface area contributed by atoms with E-state index in [9.17, 15) is 0 Å². The third kappa shape index (κ3) is 1.85. The first-order chi connectivity index (χ1) is 7.33. The van der Waals surface area contributed by atoms with Crippen LogP contribution in [0.25, 0.3) is 0 Å². The third-order valence-corrected chi connectivity index (χ3v) is 5.74. The molecule has 0 amide bonds. The van der Waals surface area contributed by atoms with Crippen molar-refractivity contribution < 1.29 is 0 Å². The lowest BCUT2D eigenvalue weighted by atomic mass is 9.57. The van der Waals surface area contributed by atoms with Crippen LogP contribution in [0, 0.1) is 10.8 Å². The topological polar surface area (TPSA) is 0 Å². The molecule has 0 radical (unpaired) electrons. The van der Waals surface area contributed by atoms with Crippen molar-refractivity contribution in [2.75, 3.05) is 0 Å². The van der Waals surface area contributed by atoms with Crippen LogP contribution in [0.3, 0.4) is 0 Å². The normalized spacial score (nSPS) is 33.6. The molecule has 0 saturated heterocycles. The molecule has 0 aliphatic heterocycles. The summed E-state index contributed by atoms with van der Waals surface area (Å²) < 4.78 is 0. The van der Waals surface area contributed by atoms with Crippen LogP contribution in [-0.4, -0.2) is 0 Å². The van der Waals surface area contributed by atoms with Gasteiger partial charge in [-0.25, -0.2) is 0 Å². The first-order valence-electron chi connectivity index (χ1n) is 7.33. The van der Waals surface area contributed by atoms with Crippen LogP contribution in [0.5, 0.6) is 0 Å². The Morgan fingerprint density at radius 1 is 0.400 bits per heavy atom. The predicted octanol–water partition coefficient (Wildman–Crippen LogP) is 5.07. The number of hydrogen-bond acceptors (Lipinski definition) is 0. The highest BCUT2D eigenvalue weighted by Gasteiger charge is 2.45. The summed E-state index contributed by atoms with van der Waals surface area (Å²) in [5.74, 6) is 0. The van der Waals surface area contributed by atoms with Gasteiger partial charge in [-0.2, -0.15) is 0 Å². The van der Waals surface area contributed by atoms with Crippen molar-refractivity contribution >= 4 is 0 Å². The van der Waals surface area contributed by atoms with Crippen molar-refractivity contribution in [2.24, 2.45) is 10.8 Å². The zero-order chi connectivity index (χ0) is 10.2. The van der Waals surface area contributed by atoms with E-state index in [1.807, 2.05) is 0 Å². The lowest BCUT2D eigenvalue weighted by Gasteiger charge is -2.49. The van der Waals surface area contributed by atoms with E-state index in [1.54, 1.807) is 51.4 Å². The van der Waals surface area contributed by atoms with Crippen molar-refractivity contribution in [3.8, 4) is 0 Å². The monoisotopic (exact) mass is 206 g/mol. The van der Waals surface area contributed by atoms with Gasteiger partial charge in [0.25, 0.3) is 0 Å². The molecule has 0 aromatic rings. The maximum atomic E-state index is 1.62. The molecule has 0 aromatic carbocycles. The Kier molecular flexibility index (Phi) is 2.57. The average molecular weight is 206 g/mol. The molecule has 3 saturated carbocycles. The predicted molar refractivity (Wildman–Crippen MR) is 64.9 cm³/mol. The summed E-state index contributed by atoms with van der Waals surface area (Å²) in [7, 11) is 0. The van der Waals surface area contributed by atoms with Crippen molar-refractivity contribution in [2.45, 2.75) is 83.5 Å². The molecule has 0 heterocycles. The van der Waals surface area contributed by atoms with E-state index in [2.05, 4.69) is 0 Å². The van der Waals surface area contributed by atoms with Gasteiger partial charge in [0.15, 0.2) is 0 Å². The van der Waals surface area contributed by atoms with Gasteiger partial charge in [-0.1, -0.05) is 38.5 Å². The van der Waals surface area contributed by atoms with Gasteiger partial charge in [-0.3, -0.25) is 0 Å². The van der Waals surface area contributed by atoms with E-state index in [-0.39, 0.29) is 0 Å². The molecule has 0 atom stereocenters. The minimum Gasteiger partial charge on any atom is -0.0533 e. The van der Waals surface area contributed by atoms with Gasteiger partial charge in [0.1, 0.15) is 0 Å². The zero-order valence-electron chi connectivity index (χ0n) is 10.2. The molecule has 0 unspecified atom stereocenters. The van der Waals surface area contributed by atoms with Crippen LogP contribution in [-0.2, 0) is 0 Å². The summed E-state index contributed by atoms with van der Waals surface area (Å²) in [6.45, 7) is 0. The Morgan fingerprint density at radius 2 is 0.800 bits per heavy atom. The summed E-state index contributed by atoms with van der Waals surface area (Å²) in [5.41, 5.74) is 1.68. The van der Waals surface area contributed by atoms with Crippen LogP contribution in [0.1, 0.15) is 83.5 Å². The van der Waals surface area contributed by atoms with E-state index in [0.717, 1.165) is 10.8 Å². The summed E-state index contributed by atoms with van der Waals surface area (Å²) in [4.78, 5) is 0. The molecular weight excluding hydrogens is 180 g/mol. The molecule has 3 aliphatic carbocycles. The van der Waals surface area contributed by atoms with Gasteiger partial charge in [-0.15, -0.1) is 0 Å². The quantitative estimate of drug-likeness (QED) is 0.519. The van der Waals surface area contributed by atoms with Crippen molar-refractivity contribution in [1.82, 2.24) is 0 Å². The minimum atomic E-state index is 0.834. The SMILES string of the molecule is C1CCC2(CC1)CCCC1(CCCC1)C2. The molecule has 0 heteroatoms.